The normalized spacial score (nSPS) is 9.83. The van der Waals surface area contributed by atoms with E-state index in [1.807, 2.05) is 24.3 Å². The Morgan fingerprint density at radius 1 is 0.958 bits per heavy atom. The number of hydrogen-bond acceptors (Lipinski definition) is 7. The lowest BCUT2D eigenvalue weighted by Crippen LogP contribution is -2.02. The quantitative estimate of drug-likeness (QED) is 0.745. The van der Waals surface area contributed by atoms with Gasteiger partial charge in [0.05, 0.1) is 24.9 Å². The molecule has 2 N–H and O–H groups in total. The predicted octanol–water partition coefficient (Wildman–Crippen LogP) is 3.24. The Kier molecular flexibility index (Phi) is 4.49. The first-order valence-electron chi connectivity index (χ1n) is 7.15. The molecule has 118 valence electrons. The Hall–Kier alpha value is -3.66. The van der Waals surface area contributed by atoms with Crippen LogP contribution in [0.25, 0.3) is 0 Å². The fourth-order valence-electron chi connectivity index (χ4n) is 2.00. The molecule has 0 aliphatic rings. The minimum atomic E-state index is 0.359. The molecule has 3 aromatic rings. The van der Waals surface area contributed by atoms with Crippen LogP contribution in [0.2, 0.25) is 0 Å². The molecule has 3 rings (SSSR count). The van der Waals surface area contributed by atoms with Gasteiger partial charge in [0.25, 0.3) is 0 Å². The summed E-state index contributed by atoms with van der Waals surface area (Å²) in [6, 6.07) is 16.5. The summed E-state index contributed by atoms with van der Waals surface area (Å²) in [6.07, 6.45) is 1.54. The largest absolute Gasteiger partial charge is 0.497 e. The van der Waals surface area contributed by atoms with Gasteiger partial charge >= 0.3 is 0 Å². The first-order chi connectivity index (χ1) is 11.8. The molecule has 7 nitrogen and oxygen atoms in total. The Labute approximate surface area is 139 Å². The molecular formula is C17H14N6O. The molecule has 0 fully saturated rings. The number of aromatic nitrogens is 3. The van der Waals surface area contributed by atoms with E-state index in [1.54, 1.807) is 31.4 Å². The van der Waals surface area contributed by atoms with Gasteiger partial charge in [-0.05, 0) is 48.5 Å². The van der Waals surface area contributed by atoms with Crippen LogP contribution >= 0.6 is 0 Å². The lowest BCUT2D eigenvalue weighted by molar-refractivity contribution is 0.415. The molecule has 0 bridgehead atoms. The average molecular weight is 318 g/mol. The van der Waals surface area contributed by atoms with Crippen molar-refractivity contribution in [2.75, 3.05) is 17.7 Å². The number of benzene rings is 2. The van der Waals surface area contributed by atoms with E-state index in [4.69, 9.17) is 10.00 Å². The highest BCUT2D eigenvalue weighted by Crippen LogP contribution is 2.19. The topological polar surface area (TPSA) is 95.8 Å². The zero-order valence-corrected chi connectivity index (χ0v) is 12.9. The van der Waals surface area contributed by atoms with Crippen LogP contribution in [-0.2, 0) is 0 Å². The molecule has 0 spiro atoms. The van der Waals surface area contributed by atoms with Crippen molar-refractivity contribution in [3.8, 4) is 11.8 Å². The van der Waals surface area contributed by atoms with Crippen LogP contribution in [0, 0.1) is 11.3 Å². The summed E-state index contributed by atoms with van der Waals surface area (Å²) < 4.78 is 5.13. The van der Waals surface area contributed by atoms with Crippen LogP contribution in [0.15, 0.2) is 54.7 Å². The lowest BCUT2D eigenvalue weighted by Gasteiger charge is -2.08. The molecule has 0 aliphatic carbocycles. The number of rotatable bonds is 5. The molecule has 0 unspecified atom stereocenters. The van der Waals surface area contributed by atoms with Crippen molar-refractivity contribution in [1.82, 2.24) is 15.2 Å². The van der Waals surface area contributed by atoms with E-state index >= 15 is 0 Å². The maximum Gasteiger partial charge on any atom is 0.249 e. The first kappa shape index (κ1) is 15.2. The van der Waals surface area contributed by atoms with Crippen LogP contribution in [0.1, 0.15) is 5.56 Å². The highest BCUT2D eigenvalue weighted by molar-refractivity contribution is 5.59. The molecule has 0 saturated heterocycles. The Balaban J connectivity index is 1.72. The molecular weight excluding hydrogens is 304 g/mol. The van der Waals surface area contributed by atoms with E-state index in [9.17, 15) is 0 Å². The second kappa shape index (κ2) is 7.07. The van der Waals surface area contributed by atoms with Gasteiger partial charge in [0.15, 0.2) is 5.82 Å². The average Bonchev–Trinajstić information content (AvgIpc) is 2.63. The SMILES string of the molecule is COc1ccc(Nc2cnnc(Nc3ccc(C#N)cc3)n2)cc1. The maximum absolute atomic E-state index is 8.81. The third kappa shape index (κ3) is 3.75. The number of nitrogens with zero attached hydrogens (tertiary/aromatic N) is 4. The van der Waals surface area contributed by atoms with E-state index < -0.39 is 0 Å². The number of nitriles is 1. The van der Waals surface area contributed by atoms with Crippen molar-refractivity contribution in [2.45, 2.75) is 0 Å². The van der Waals surface area contributed by atoms with Gasteiger partial charge in [0.1, 0.15) is 5.75 Å². The Bertz CT molecular complexity index is 855. The Morgan fingerprint density at radius 2 is 1.62 bits per heavy atom. The number of ether oxygens (including phenoxy) is 1. The molecule has 0 radical (unpaired) electrons. The second-order valence-electron chi connectivity index (χ2n) is 4.83. The standard InChI is InChI=1S/C17H14N6O/c1-24-15-8-6-13(7-9-15)20-16-11-19-23-17(22-16)21-14-4-2-12(10-18)3-5-14/h2-9,11H,1H3,(H2,20,21,22,23). The minimum absolute atomic E-state index is 0.359. The van der Waals surface area contributed by atoms with Gasteiger partial charge in [0.2, 0.25) is 5.95 Å². The second-order valence-corrected chi connectivity index (χ2v) is 4.83. The van der Waals surface area contributed by atoms with Crippen molar-refractivity contribution in [1.29, 1.82) is 5.26 Å². The van der Waals surface area contributed by atoms with Crippen LogP contribution in [0.3, 0.4) is 0 Å². The van der Waals surface area contributed by atoms with Gasteiger partial charge in [-0.15, -0.1) is 5.10 Å². The molecule has 2 aromatic carbocycles. The van der Waals surface area contributed by atoms with Crippen LogP contribution < -0.4 is 15.4 Å². The number of nitrogens with one attached hydrogen (secondary N) is 2. The summed E-state index contributed by atoms with van der Waals surface area (Å²) in [5.74, 6) is 1.70. The highest BCUT2D eigenvalue weighted by atomic mass is 16.5. The Morgan fingerprint density at radius 3 is 2.29 bits per heavy atom. The van der Waals surface area contributed by atoms with Crippen molar-refractivity contribution in [3.05, 3.63) is 60.3 Å². The maximum atomic E-state index is 8.81. The van der Waals surface area contributed by atoms with Crippen molar-refractivity contribution in [3.63, 3.8) is 0 Å². The van der Waals surface area contributed by atoms with E-state index in [-0.39, 0.29) is 0 Å². The molecule has 1 heterocycles. The first-order valence-corrected chi connectivity index (χ1v) is 7.15. The molecule has 0 aliphatic heterocycles. The summed E-state index contributed by atoms with van der Waals surface area (Å²) in [7, 11) is 1.62. The molecule has 24 heavy (non-hydrogen) atoms. The molecule has 0 atom stereocenters. The molecule has 1 aromatic heterocycles. The van der Waals surface area contributed by atoms with E-state index in [0.29, 0.717) is 17.3 Å². The van der Waals surface area contributed by atoms with Crippen LogP contribution in [-0.4, -0.2) is 22.3 Å². The summed E-state index contributed by atoms with van der Waals surface area (Å²) >= 11 is 0. The fourth-order valence-corrected chi connectivity index (χ4v) is 2.00. The van der Waals surface area contributed by atoms with Gasteiger partial charge in [-0.1, -0.05) is 0 Å². The molecule has 0 saturated carbocycles. The number of anilines is 4. The zero-order valence-electron chi connectivity index (χ0n) is 12.9. The summed E-state index contributed by atoms with van der Waals surface area (Å²) in [6.45, 7) is 0. The van der Waals surface area contributed by atoms with Gasteiger partial charge in [-0.2, -0.15) is 15.3 Å². The summed E-state index contributed by atoms with van der Waals surface area (Å²) in [5, 5.41) is 22.9. The smallest absolute Gasteiger partial charge is 0.249 e. The monoisotopic (exact) mass is 318 g/mol. The summed E-state index contributed by atoms with van der Waals surface area (Å²) in [4.78, 5) is 4.36. The number of methoxy groups -OCH3 is 1. The van der Waals surface area contributed by atoms with Gasteiger partial charge < -0.3 is 15.4 Å². The molecule has 0 amide bonds. The van der Waals surface area contributed by atoms with E-state index in [1.165, 1.54) is 6.20 Å². The summed E-state index contributed by atoms with van der Waals surface area (Å²) in [5.41, 5.74) is 2.23. The van der Waals surface area contributed by atoms with Crippen molar-refractivity contribution < 1.29 is 4.74 Å². The van der Waals surface area contributed by atoms with Gasteiger partial charge in [-0.3, -0.25) is 0 Å². The van der Waals surface area contributed by atoms with Crippen LogP contribution in [0.4, 0.5) is 23.1 Å². The fraction of sp³-hybridized carbons (Fsp3) is 0.0588. The number of hydrogen-bond donors (Lipinski definition) is 2. The highest BCUT2D eigenvalue weighted by Gasteiger charge is 2.03. The van der Waals surface area contributed by atoms with Crippen LogP contribution in [0.5, 0.6) is 5.75 Å². The van der Waals surface area contributed by atoms with E-state index in [2.05, 4.69) is 31.9 Å². The van der Waals surface area contributed by atoms with E-state index in [0.717, 1.165) is 17.1 Å². The predicted molar refractivity (Wildman–Crippen MR) is 90.5 cm³/mol. The van der Waals surface area contributed by atoms with Gasteiger partial charge in [0, 0.05) is 11.4 Å². The lowest BCUT2D eigenvalue weighted by atomic mass is 10.2. The third-order valence-corrected chi connectivity index (χ3v) is 3.19. The van der Waals surface area contributed by atoms with Crippen molar-refractivity contribution in [2.24, 2.45) is 0 Å². The zero-order chi connectivity index (χ0) is 16.8. The minimum Gasteiger partial charge on any atom is -0.497 e. The van der Waals surface area contributed by atoms with Crippen molar-refractivity contribution >= 4 is 23.1 Å². The third-order valence-electron chi connectivity index (χ3n) is 3.19. The molecule has 7 heteroatoms. The van der Waals surface area contributed by atoms with Gasteiger partial charge in [-0.25, -0.2) is 0 Å².